The molecule has 0 aromatic heterocycles. The maximum absolute atomic E-state index is 13.0. The van der Waals surface area contributed by atoms with Gasteiger partial charge in [0.2, 0.25) is 0 Å². The van der Waals surface area contributed by atoms with Crippen LogP contribution < -0.4 is 5.32 Å². The van der Waals surface area contributed by atoms with Gasteiger partial charge in [-0.15, -0.1) is 0 Å². The maximum Gasteiger partial charge on any atom is 0.253 e. The van der Waals surface area contributed by atoms with Crippen molar-refractivity contribution in [3.63, 3.8) is 0 Å². The Morgan fingerprint density at radius 2 is 1.95 bits per heavy atom. The summed E-state index contributed by atoms with van der Waals surface area (Å²) in [7, 11) is 0. The van der Waals surface area contributed by atoms with Crippen molar-refractivity contribution in [2.75, 3.05) is 26.3 Å². The molecule has 0 saturated carbocycles. The Balaban J connectivity index is 1.79. The fourth-order valence-corrected chi connectivity index (χ4v) is 1.96. The number of hydrogen-bond donors (Lipinski definition) is 1. The fraction of sp³-hybridized carbons (Fsp3) is 0.385. The first-order valence-electron chi connectivity index (χ1n) is 6.08. The third kappa shape index (κ3) is 3.09. The summed E-state index contributed by atoms with van der Waals surface area (Å²) >= 11 is 0. The highest BCUT2D eigenvalue weighted by molar-refractivity contribution is 5.94. The molecule has 0 aliphatic carbocycles. The molecule has 1 heterocycles. The molecule has 0 atom stereocenters. The van der Waals surface area contributed by atoms with Gasteiger partial charge in [0, 0.05) is 31.1 Å². The van der Waals surface area contributed by atoms with E-state index in [1.165, 1.54) is 11.0 Å². The molecule has 108 valence electrons. The van der Waals surface area contributed by atoms with Gasteiger partial charge in [0.15, 0.2) is 18.3 Å². The highest BCUT2D eigenvalue weighted by Crippen LogP contribution is 2.15. The molecule has 2 rings (SSSR count). The molecule has 1 saturated heterocycles. The molecule has 7 heteroatoms. The summed E-state index contributed by atoms with van der Waals surface area (Å²) in [5.74, 6) is -3.12. The van der Waals surface area contributed by atoms with Gasteiger partial charge in [0.25, 0.3) is 11.8 Å². The first-order chi connectivity index (χ1) is 9.51. The van der Waals surface area contributed by atoms with Crippen molar-refractivity contribution < 1.29 is 22.8 Å². The van der Waals surface area contributed by atoms with Crippen molar-refractivity contribution in [3.05, 3.63) is 35.4 Å². The summed E-state index contributed by atoms with van der Waals surface area (Å²) in [4.78, 5) is 24.0. The molecule has 1 N–H and O–H groups in total. The second-order valence-corrected chi connectivity index (χ2v) is 4.64. The number of nitrogens with zero attached hydrogens (tertiary/aromatic N) is 1. The number of carbonyl (C=O) groups is 2. The highest BCUT2D eigenvalue weighted by Gasteiger charge is 2.30. The number of nitrogens with one attached hydrogen (secondary N) is 1. The molecule has 1 fully saturated rings. The van der Waals surface area contributed by atoms with E-state index >= 15 is 0 Å². The predicted octanol–water partition coefficient (Wildman–Crippen LogP) is 1.12. The molecule has 0 spiro atoms. The summed E-state index contributed by atoms with van der Waals surface area (Å²) in [5, 5.41) is 2.57. The van der Waals surface area contributed by atoms with Crippen LogP contribution in [0.4, 0.5) is 13.2 Å². The van der Waals surface area contributed by atoms with Gasteiger partial charge in [-0.2, -0.15) is 0 Å². The van der Waals surface area contributed by atoms with Crippen LogP contribution in [0.5, 0.6) is 0 Å². The number of rotatable bonds is 4. The quantitative estimate of drug-likeness (QED) is 0.902. The number of alkyl halides is 1. The monoisotopic (exact) mass is 286 g/mol. The fourth-order valence-electron chi connectivity index (χ4n) is 1.96. The van der Waals surface area contributed by atoms with Gasteiger partial charge in [-0.25, -0.2) is 13.2 Å². The summed E-state index contributed by atoms with van der Waals surface area (Å²) in [6.07, 6.45) is 0. The minimum absolute atomic E-state index is 0.0277. The Labute approximate surface area is 113 Å². The van der Waals surface area contributed by atoms with E-state index in [1.54, 1.807) is 0 Å². The average molecular weight is 286 g/mol. The van der Waals surface area contributed by atoms with E-state index in [1.807, 2.05) is 0 Å². The van der Waals surface area contributed by atoms with E-state index in [-0.39, 0.29) is 11.5 Å². The van der Waals surface area contributed by atoms with Crippen molar-refractivity contribution in [1.29, 1.82) is 0 Å². The van der Waals surface area contributed by atoms with Gasteiger partial charge in [-0.1, -0.05) is 0 Å². The summed E-state index contributed by atoms with van der Waals surface area (Å²) in [6.45, 7) is 0.0590. The lowest BCUT2D eigenvalue weighted by molar-refractivity contribution is -0.138. The molecule has 1 aromatic rings. The van der Waals surface area contributed by atoms with Gasteiger partial charge in [-0.3, -0.25) is 9.59 Å². The van der Waals surface area contributed by atoms with Crippen LogP contribution >= 0.6 is 0 Å². The summed E-state index contributed by atoms with van der Waals surface area (Å²) < 4.78 is 37.7. The van der Waals surface area contributed by atoms with Gasteiger partial charge < -0.3 is 10.2 Å². The number of likely N-dealkylation sites (tertiary alicyclic amines) is 1. The van der Waals surface area contributed by atoms with Crippen LogP contribution in [0.2, 0.25) is 0 Å². The number of carbonyl (C=O) groups excluding carboxylic acids is 2. The third-order valence-corrected chi connectivity index (χ3v) is 3.16. The minimum atomic E-state index is -1.08. The molecule has 1 aromatic carbocycles. The van der Waals surface area contributed by atoms with Crippen molar-refractivity contribution in [3.8, 4) is 0 Å². The lowest BCUT2D eigenvalue weighted by Crippen LogP contribution is -2.54. The van der Waals surface area contributed by atoms with Crippen LogP contribution in [0.15, 0.2) is 18.2 Å². The number of benzene rings is 1. The van der Waals surface area contributed by atoms with Crippen molar-refractivity contribution in [2.45, 2.75) is 0 Å². The lowest BCUT2D eigenvalue weighted by atomic mass is 10.00. The maximum atomic E-state index is 13.0. The van der Waals surface area contributed by atoms with Crippen molar-refractivity contribution in [2.24, 2.45) is 5.92 Å². The predicted molar refractivity (Wildman–Crippen MR) is 64.7 cm³/mol. The van der Waals surface area contributed by atoms with Crippen molar-refractivity contribution >= 4 is 11.8 Å². The van der Waals surface area contributed by atoms with E-state index in [4.69, 9.17) is 0 Å². The standard InChI is InChI=1S/C13H13F3N2O2/c14-4-12(19)18-6-8(7-18)5-17-13(20)9-1-2-10(15)11(16)3-9/h1-3,8H,4-7H2,(H,17,20). The molecular formula is C13H13F3N2O2. The smallest absolute Gasteiger partial charge is 0.253 e. The normalized spacial score (nSPS) is 14.8. The molecule has 20 heavy (non-hydrogen) atoms. The Morgan fingerprint density at radius 1 is 1.25 bits per heavy atom. The Morgan fingerprint density at radius 3 is 2.55 bits per heavy atom. The molecule has 1 aliphatic rings. The van der Waals surface area contributed by atoms with Gasteiger partial charge in [0.1, 0.15) is 0 Å². The second-order valence-electron chi connectivity index (χ2n) is 4.64. The summed E-state index contributed by atoms with van der Waals surface area (Å²) in [6, 6.07) is 2.90. The molecule has 1 aliphatic heterocycles. The van der Waals surface area contributed by atoms with E-state index < -0.39 is 30.1 Å². The number of hydrogen-bond acceptors (Lipinski definition) is 2. The van der Waals surface area contributed by atoms with Crippen LogP contribution in [-0.4, -0.2) is 43.0 Å². The zero-order valence-corrected chi connectivity index (χ0v) is 10.5. The van der Waals surface area contributed by atoms with Crippen LogP contribution in [0.3, 0.4) is 0 Å². The largest absolute Gasteiger partial charge is 0.352 e. The zero-order valence-electron chi connectivity index (χ0n) is 10.5. The third-order valence-electron chi connectivity index (χ3n) is 3.16. The van der Waals surface area contributed by atoms with E-state index in [0.29, 0.717) is 19.6 Å². The second kappa shape index (κ2) is 5.94. The lowest BCUT2D eigenvalue weighted by Gasteiger charge is -2.38. The zero-order chi connectivity index (χ0) is 14.7. The van der Waals surface area contributed by atoms with Gasteiger partial charge >= 0.3 is 0 Å². The van der Waals surface area contributed by atoms with Gasteiger partial charge in [0.05, 0.1) is 0 Å². The highest BCUT2D eigenvalue weighted by atomic mass is 19.2. The van der Waals surface area contributed by atoms with Gasteiger partial charge in [-0.05, 0) is 18.2 Å². The minimum Gasteiger partial charge on any atom is -0.352 e. The molecule has 0 unspecified atom stereocenters. The van der Waals surface area contributed by atoms with Crippen LogP contribution in [-0.2, 0) is 4.79 Å². The van der Waals surface area contributed by atoms with Crippen LogP contribution in [0, 0.1) is 17.6 Å². The topological polar surface area (TPSA) is 49.4 Å². The van der Waals surface area contributed by atoms with E-state index in [0.717, 1.165) is 12.1 Å². The number of amides is 2. The Hall–Kier alpha value is -2.05. The van der Waals surface area contributed by atoms with Crippen LogP contribution in [0.1, 0.15) is 10.4 Å². The Bertz CT molecular complexity index is 530. The van der Waals surface area contributed by atoms with Crippen molar-refractivity contribution in [1.82, 2.24) is 10.2 Å². The molecular weight excluding hydrogens is 273 g/mol. The molecule has 4 nitrogen and oxygen atoms in total. The number of halogens is 3. The molecule has 0 radical (unpaired) electrons. The first kappa shape index (κ1) is 14.4. The molecule has 0 bridgehead atoms. The Kier molecular flexibility index (Phi) is 4.26. The molecule has 2 amide bonds. The SMILES string of the molecule is O=C(NCC1CN(C(=O)CF)C1)c1ccc(F)c(F)c1. The van der Waals surface area contributed by atoms with Crippen LogP contribution in [0.25, 0.3) is 0 Å². The summed E-state index contributed by atoms with van der Waals surface area (Å²) in [5.41, 5.74) is 0.0277. The first-order valence-corrected chi connectivity index (χ1v) is 6.08. The average Bonchev–Trinajstić information content (AvgIpc) is 2.39. The van der Waals surface area contributed by atoms with E-state index in [9.17, 15) is 22.8 Å². The van der Waals surface area contributed by atoms with E-state index in [2.05, 4.69) is 5.32 Å².